The summed E-state index contributed by atoms with van der Waals surface area (Å²) >= 11 is 0. The van der Waals surface area contributed by atoms with Gasteiger partial charge in [0.15, 0.2) is 0 Å². The third-order valence-corrected chi connectivity index (χ3v) is 7.21. The van der Waals surface area contributed by atoms with Crippen LogP contribution in [0.25, 0.3) is 11.3 Å². The number of nitrogens with zero attached hydrogens (tertiary/aromatic N) is 3. The van der Waals surface area contributed by atoms with Crippen molar-refractivity contribution in [3.05, 3.63) is 23.8 Å². The third-order valence-electron chi connectivity index (χ3n) is 6.12. The Hall–Kier alpha value is -1.85. The Morgan fingerprint density at radius 2 is 1.93 bits per heavy atom. The zero-order valence-corrected chi connectivity index (χ0v) is 15.1. The van der Waals surface area contributed by atoms with Crippen LogP contribution in [-0.2, 0) is 10.2 Å². The van der Waals surface area contributed by atoms with Gasteiger partial charge >= 0.3 is 0 Å². The van der Waals surface area contributed by atoms with Crippen molar-refractivity contribution >= 4 is 10.2 Å². The maximum absolute atomic E-state index is 14.7. The van der Waals surface area contributed by atoms with Crippen LogP contribution in [0.5, 0.6) is 0 Å². The number of halogens is 2. The summed E-state index contributed by atoms with van der Waals surface area (Å²) in [5, 5.41) is 13.0. The quantitative estimate of drug-likeness (QED) is 0.841. The Labute approximate surface area is 153 Å². The van der Waals surface area contributed by atoms with Gasteiger partial charge in [-0.05, 0) is 25.7 Å². The van der Waals surface area contributed by atoms with Crippen molar-refractivity contribution in [2.45, 2.75) is 43.4 Å². The summed E-state index contributed by atoms with van der Waals surface area (Å²) in [4.78, 5) is 0. The summed E-state index contributed by atoms with van der Waals surface area (Å²) < 4.78 is 63.6. The predicted octanol–water partition coefficient (Wildman–Crippen LogP) is 2.23. The molecule has 2 aromatic rings. The van der Waals surface area contributed by atoms with E-state index in [1.165, 1.54) is 12.3 Å². The van der Waals surface area contributed by atoms with Crippen LogP contribution in [0.15, 0.2) is 21.4 Å². The van der Waals surface area contributed by atoms with Gasteiger partial charge in [0.2, 0.25) is 0 Å². The lowest BCUT2D eigenvalue weighted by molar-refractivity contribution is 0.0407. The number of alkyl halides is 2. The first-order valence-electron chi connectivity index (χ1n) is 8.81. The van der Waals surface area contributed by atoms with E-state index in [1.807, 2.05) is 0 Å². The molecule has 3 heterocycles. The van der Waals surface area contributed by atoms with Gasteiger partial charge in [-0.25, -0.2) is 13.9 Å². The highest BCUT2D eigenvalue weighted by Crippen LogP contribution is 2.75. The fraction of sp³-hybridized carbons (Fsp3) is 0.625. The summed E-state index contributed by atoms with van der Waals surface area (Å²) in [6.45, 7) is -0.0488. The standard InChI is InChI=1S/C16H18F2N4O4S/c17-16(18)14(15(16)3-5-22(6-4-15)27(19,23)24)12-7-11(20-26-12)10-8-25-21-13(10)9-1-2-9/h7-9,14H,1-6H2,(H2,19,23,24)/t14-/m0/s1. The molecule has 1 spiro atoms. The lowest BCUT2D eigenvalue weighted by atomic mass is 9.90. The molecule has 0 aromatic carbocycles. The molecular formula is C16H18F2N4O4S. The molecule has 2 N–H and O–H groups in total. The summed E-state index contributed by atoms with van der Waals surface area (Å²) in [5.41, 5.74) is 0.593. The molecule has 0 unspecified atom stereocenters. The first-order valence-corrected chi connectivity index (χ1v) is 10.3. The summed E-state index contributed by atoms with van der Waals surface area (Å²) in [5.74, 6) is -3.64. The van der Waals surface area contributed by atoms with Crippen molar-refractivity contribution in [2.75, 3.05) is 13.1 Å². The number of piperidine rings is 1. The van der Waals surface area contributed by atoms with Crippen molar-refractivity contribution in [3.8, 4) is 11.3 Å². The molecule has 3 aliphatic rings. The molecule has 0 amide bonds. The minimum absolute atomic E-state index is 0.0244. The van der Waals surface area contributed by atoms with Gasteiger partial charge in [0.25, 0.3) is 16.1 Å². The molecule has 1 atom stereocenters. The van der Waals surface area contributed by atoms with Crippen LogP contribution in [0.4, 0.5) is 8.78 Å². The van der Waals surface area contributed by atoms with E-state index in [0.29, 0.717) is 17.2 Å². The van der Waals surface area contributed by atoms with Gasteiger partial charge in [0.05, 0.1) is 22.6 Å². The first kappa shape index (κ1) is 17.3. The number of rotatable bonds is 4. The Morgan fingerprint density at radius 1 is 1.22 bits per heavy atom. The minimum atomic E-state index is -3.86. The highest BCUT2D eigenvalue weighted by Gasteiger charge is 2.82. The van der Waals surface area contributed by atoms with E-state index in [0.717, 1.165) is 22.8 Å². The fourth-order valence-corrected chi connectivity index (χ4v) is 5.05. The first-order chi connectivity index (χ1) is 12.7. The molecule has 1 aliphatic heterocycles. The number of hydrogen-bond donors (Lipinski definition) is 1. The van der Waals surface area contributed by atoms with Gasteiger partial charge in [-0.1, -0.05) is 10.3 Å². The van der Waals surface area contributed by atoms with E-state index in [-0.39, 0.29) is 31.7 Å². The van der Waals surface area contributed by atoms with E-state index in [4.69, 9.17) is 14.2 Å². The monoisotopic (exact) mass is 400 g/mol. The molecule has 2 aliphatic carbocycles. The van der Waals surface area contributed by atoms with Gasteiger partial charge in [-0.15, -0.1) is 0 Å². The molecular weight excluding hydrogens is 382 g/mol. The molecule has 27 heavy (non-hydrogen) atoms. The van der Waals surface area contributed by atoms with Crippen LogP contribution >= 0.6 is 0 Å². The lowest BCUT2D eigenvalue weighted by Gasteiger charge is -2.30. The topological polar surface area (TPSA) is 115 Å². The highest BCUT2D eigenvalue weighted by molar-refractivity contribution is 7.86. The van der Waals surface area contributed by atoms with Crippen LogP contribution < -0.4 is 5.14 Å². The zero-order valence-electron chi connectivity index (χ0n) is 14.3. The Bertz CT molecular complexity index is 990. The van der Waals surface area contributed by atoms with Crippen molar-refractivity contribution in [3.63, 3.8) is 0 Å². The van der Waals surface area contributed by atoms with E-state index in [9.17, 15) is 17.2 Å². The van der Waals surface area contributed by atoms with Gasteiger partial charge in [-0.3, -0.25) is 0 Å². The lowest BCUT2D eigenvalue weighted by Crippen LogP contribution is -2.43. The zero-order chi connectivity index (χ0) is 19.0. The molecule has 1 saturated heterocycles. The van der Waals surface area contributed by atoms with Crippen molar-refractivity contribution in [1.82, 2.24) is 14.6 Å². The highest BCUT2D eigenvalue weighted by atomic mass is 32.2. The third kappa shape index (κ3) is 2.48. The molecule has 0 radical (unpaired) electrons. The number of hydrogen-bond acceptors (Lipinski definition) is 6. The van der Waals surface area contributed by atoms with Gasteiger partial charge in [0.1, 0.15) is 17.7 Å². The summed E-state index contributed by atoms with van der Waals surface area (Å²) in [6.07, 6.45) is 3.55. The summed E-state index contributed by atoms with van der Waals surface area (Å²) in [6, 6.07) is 1.53. The van der Waals surface area contributed by atoms with Gasteiger partial charge < -0.3 is 9.05 Å². The largest absolute Gasteiger partial charge is 0.364 e. The van der Waals surface area contributed by atoms with Crippen molar-refractivity contribution in [2.24, 2.45) is 10.6 Å². The molecule has 2 aromatic heterocycles. The van der Waals surface area contributed by atoms with E-state index in [1.54, 1.807) is 0 Å². The van der Waals surface area contributed by atoms with Crippen molar-refractivity contribution < 1.29 is 26.2 Å². The van der Waals surface area contributed by atoms with Crippen LogP contribution in [-0.4, -0.2) is 42.0 Å². The minimum Gasteiger partial charge on any atom is -0.364 e. The molecule has 11 heteroatoms. The second kappa shape index (κ2) is 5.36. The van der Waals surface area contributed by atoms with Gasteiger partial charge in [-0.2, -0.15) is 12.7 Å². The molecule has 0 bridgehead atoms. The SMILES string of the molecule is NS(=O)(=O)N1CCC2(CC1)[C@H](c1cc(-c3conc3C3CC3)no1)C2(F)F. The maximum Gasteiger partial charge on any atom is 0.276 e. The molecule has 146 valence electrons. The maximum atomic E-state index is 14.7. The predicted molar refractivity (Wildman–Crippen MR) is 88.0 cm³/mol. The van der Waals surface area contributed by atoms with Crippen LogP contribution in [0, 0.1) is 5.41 Å². The average Bonchev–Trinajstić information content (AvgIpc) is 3.32. The van der Waals surface area contributed by atoms with Crippen LogP contribution in [0.2, 0.25) is 0 Å². The van der Waals surface area contributed by atoms with E-state index >= 15 is 0 Å². The molecule has 2 saturated carbocycles. The molecule has 8 nitrogen and oxygen atoms in total. The van der Waals surface area contributed by atoms with E-state index in [2.05, 4.69) is 10.3 Å². The van der Waals surface area contributed by atoms with Crippen LogP contribution in [0.3, 0.4) is 0 Å². The van der Waals surface area contributed by atoms with Crippen molar-refractivity contribution in [1.29, 1.82) is 0 Å². The normalized spacial score (nSPS) is 27.1. The number of aromatic nitrogens is 2. The second-order valence-electron chi connectivity index (χ2n) is 7.66. The molecule has 3 fully saturated rings. The van der Waals surface area contributed by atoms with E-state index < -0.39 is 27.5 Å². The fourth-order valence-electron chi connectivity index (χ4n) is 4.36. The smallest absolute Gasteiger partial charge is 0.276 e. The Morgan fingerprint density at radius 3 is 2.56 bits per heavy atom. The summed E-state index contributed by atoms with van der Waals surface area (Å²) in [7, 11) is -3.86. The Balaban J connectivity index is 1.40. The second-order valence-corrected chi connectivity index (χ2v) is 9.20. The Kier molecular flexibility index (Phi) is 3.43. The van der Waals surface area contributed by atoms with Gasteiger partial charge in [0, 0.05) is 25.1 Å². The van der Waals surface area contributed by atoms with Crippen LogP contribution in [0.1, 0.15) is 49.0 Å². The number of nitrogens with two attached hydrogens (primary N) is 1. The average molecular weight is 400 g/mol. The molecule has 5 rings (SSSR count).